The second-order valence-electron chi connectivity index (χ2n) is 3.01. The number of nitrogens with two attached hydrogens (primary N) is 1. The molecule has 13 heavy (non-hydrogen) atoms. The summed E-state index contributed by atoms with van der Waals surface area (Å²) in [5.74, 6) is -0.133. The maximum Gasteiger partial charge on any atom is 0.254 e. The van der Waals surface area contributed by atoms with E-state index in [1.165, 1.54) is 6.20 Å². The van der Waals surface area contributed by atoms with Gasteiger partial charge in [0.05, 0.1) is 11.8 Å². The van der Waals surface area contributed by atoms with Gasteiger partial charge in [-0.15, -0.1) is 0 Å². The van der Waals surface area contributed by atoms with E-state index < -0.39 is 0 Å². The van der Waals surface area contributed by atoms with Crippen LogP contribution in [-0.4, -0.2) is 28.3 Å². The van der Waals surface area contributed by atoms with Crippen LogP contribution in [-0.2, 0) is 7.05 Å². The van der Waals surface area contributed by atoms with Crippen molar-refractivity contribution in [3.63, 3.8) is 0 Å². The minimum absolute atomic E-state index is 0.00675. The third-order valence-corrected chi connectivity index (χ3v) is 1.70. The molecule has 0 spiro atoms. The lowest BCUT2D eigenvalue weighted by molar-refractivity contribution is 0.0941. The molecule has 0 bridgehead atoms. The summed E-state index contributed by atoms with van der Waals surface area (Å²) in [6, 6.07) is -0.00675. The Bertz CT molecular complexity index is 294. The summed E-state index contributed by atoms with van der Waals surface area (Å²) in [5, 5.41) is 6.64. The summed E-state index contributed by atoms with van der Waals surface area (Å²) >= 11 is 0. The van der Waals surface area contributed by atoms with Gasteiger partial charge in [-0.3, -0.25) is 9.48 Å². The fourth-order valence-corrected chi connectivity index (χ4v) is 0.905. The predicted octanol–water partition coefficient (Wildman–Crippen LogP) is -0.503. The Labute approximate surface area is 76.9 Å². The first kappa shape index (κ1) is 9.73. The number of hydrogen-bond donors (Lipinski definition) is 2. The Balaban J connectivity index is 2.58. The molecule has 1 aromatic heterocycles. The summed E-state index contributed by atoms with van der Waals surface area (Å²) in [7, 11) is 1.77. The first-order valence-corrected chi connectivity index (χ1v) is 4.13. The molecule has 5 heteroatoms. The first-order chi connectivity index (χ1) is 6.13. The van der Waals surface area contributed by atoms with Crippen molar-refractivity contribution in [3.05, 3.63) is 18.0 Å². The van der Waals surface area contributed by atoms with Gasteiger partial charge in [-0.1, -0.05) is 0 Å². The predicted molar refractivity (Wildman–Crippen MR) is 49.2 cm³/mol. The highest BCUT2D eigenvalue weighted by Crippen LogP contribution is 1.96. The molecule has 72 valence electrons. The lowest BCUT2D eigenvalue weighted by atomic mass is 10.3. The number of nitrogens with zero attached hydrogens (tertiary/aromatic N) is 2. The molecule has 0 aliphatic heterocycles. The summed E-state index contributed by atoms with van der Waals surface area (Å²) in [5.41, 5.74) is 5.93. The molecule has 0 saturated carbocycles. The zero-order valence-electron chi connectivity index (χ0n) is 7.82. The van der Waals surface area contributed by atoms with Crippen molar-refractivity contribution in [3.8, 4) is 0 Å². The highest BCUT2D eigenvalue weighted by atomic mass is 16.1. The minimum Gasteiger partial charge on any atom is -0.348 e. The number of rotatable bonds is 3. The second-order valence-corrected chi connectivity index (χ2v) is 3.01. The Morgan fingerprint density at radius 2 is 2.54 bits per heavy atom. The molecule has 0 fully saturated rings. The van der Waals surface area contributed by atoms with E-state index in [2.05, 4.69) is 10.4 Å². The normalized spacial score (nSPS) is 12.5. The molecule has 0 aliphatic carbocycles. The van der Waals surface area contributed by atoms with Gasteiger partial charge >= 0.3 is 0 Å². The molecule has 5 nitrogen and oxygen atoms in total. The molecule has 3 N–H and O–H groups in total. The third-order valence-electron chi connectivity index (χ3n) is 1.70. The van der Waals surface area contributed by atoms with E-state index in [4.69, 9.17) is 5.73 Å². The van der Waals surface area contributed by atoms with Crippen LogP contribution in [0.2, 0.25) is 0 Å². The molecular weight excluding hydrogens is 168 g/mol. The van der Waals surface area contributed by atoms with Gasteiger partial charge in [0, 0.05) is 25.8 Å². The SMILES string of the molecule is C[C@H](CN)NC(=O)c1cnn(C)c1. The van der Waals surface area contributed by atoms with Gasteiger partial charge in [0.1, 0.15) is 0 Å². The van der Waals surface area contributed by atoms with Crippen molar-refractivity contribution < 1.29 is 4.79 Å². The Hall–Kier alpha value is -1.36. The first-order valence-electron chi connectivity index (χ1n) is 4.13. The van der Waals surface area contributed by atoms with Crippen LogP contribution in [0.5, 0.6) is 0 Å². The summed E-state index contributed by atoms with van der Waals surface area (Å²) < 4.78 is 1.59. The van der Waals surface area contributed by atoms with Gasteiger partial charge < -0.3 is 11.1 Å². The van der Waals surface area contributed by atoms with Gasteiger partial charge in [0.25, 0.3) is 5.91 Å². The third kappa shape index (κ3) is 2.55. The molecule has 1 rings (SSSR count). The quantitative estimate of drug-likeness (QED) is 0.661. The lowest BCUT2D eigenvalue weighted by Gasteiger charge is -2.09. The fourth-order valence-electron chi connectivity index (χ4n) is 0.905. The van der Waals surface area contributed by atoms with Crippen molar-refractivity contribution in [2.24, 2.45) is 12.8 Å². The van der Waals surface area contributed by atoms with Crippen molar-refractivity contribution in [1.82, 2.24) is 15.1 Å². The second kappa shape index (κ2) is 4.04. The van der Waals surface area contributed by atoms with E-state index in [1.807, 2.05) is 6.92 Å². The molecule has 0 radical (unpaired) electrons. The van der Waals surface area contributed by atoms with Crippen molar-refractivity contribution in [2.75, 3.05) is 6.54 Å². The van der Waals surface area contributed by atoms with Crippen LogP contribution in [0.3, 0.4) is 0 Å². The number of nitrogens with one attached hydrogen (secondary N) is 1. The number of carbonyl (C=O) groups is 1. The van der Waals surface area contributed by atoms with Crippen LogP contribution in [0.15, 0.2) is 12.4 Å². The van der Waals surface area contributed by atoms with E-state index in [9.17, 15) is 4.79 Å². The molecular formula is C8H14N4O. The van der Waals surface area contributed by atoms with Crippen molar-refractivity contribution >= 4 is 5.91 Å². The Kier molecular flexibility index (Phi) is 3.02. The lowest BCUT2D eigenvalue weighted by Crippen LogP contribution is -2.37. The largest absolute Gasteiger partial charge is 0.348 e. The smallest absolute Gasteiger partial charge is 0.254 e. The van der Waals surface area contributed by atoms with Crippen LogP contribution in [0.1, 0.15) is 17.3 Å². The minimum atomic E-state index is -0.133. The highest BCUT2D eigenvalue weighted by Gasteiger charge is 2.09. The molecule has 1 atom stereocenters. The zero-order chi connectivity index (χ0) is 9.84. The van der Waals surface area contributed by atoms with Gasteiger partial charge in [-0.2, -0.15) is 5.10 Å². The van der Waals surface area contributed by atoms with Crippen LogP contribution in [0.4, 0.5) is 0 Å². The average molecular weight is 182 g/mol. The standard InChI is InChI=1S/C8H14N4O/c1-6(3-9)11-8(13)7-4-10-12(2)5-7/h4-6H,3,9H2,1-2H3,(H,11,13)/t6-/m1/s1. The van der Waals surface area contributed by atoms with E-state index in [0.717, 1.165) is 0 Å². The monoisotopic (exact) mass is 182 g/mol. The Morgan fingerprint density at radius 1 is 1.85 bits per heavy atom. The van der Waals surface area contributed by atoms with Crippen molar-refractivity contribution in [2.45, 2.75) is 13.0 Å². The van der Waals surface area contributed by atoms with Crippen LogP contribution < -0.4 is 11.1 Å². The number of aryl methyl sites for hydroxylation is 1. The molecule has 0 unspecified atom stereocenters. The number of amides is 1. The molecule has 1 aromatic rings. The van der Waals surface area contributed by atoms with Gasteiger partial charge in [0.2, 0.25) is 0 Å². The van der Waals surface area contributed by atoms with Crippen LogP contribution in [0.25, 0.3) is 0 Å². The van der Waals surface area contributed by atoms with Gasteiger partial charge in [0.15, 0.2) is 0 Å². The topological polar surface area (TPSA) is 72.9 Å². The van der Waals surface area contributed by atoms with Gasteiger partial charge in [-0.25, -0.2) is 0 Å². The molecule has 1 heterocycles. The highest BCUT2D eigenvalue weighted by molar-refractivity contribution is 5.93. The van der Waals surface area contributed by atoms with E-state index >= 15 is 0 Å². The van der Waals surface area contributed by atoms with Crippen LogP contribution in [0, 0.1) is 0 Å². The van der Waals surface area contributed by atoms with E-state index in [1.54, 1.807) is 17.9 Å². The molecule has 0 aliphatic rings. The zero-order valence-corrected chi connectivity index (χ0v) is 7.82. The molecule has 1 amide bonds. The molecule has 0 saturated heterocycles. The van der Waals surface area contributed by atoms with Crippen LogP contribution >= 0.6 is 0 Å². The van der Waals surface area contributed by atoms with Crippen molar-refractivity contribution in [1.29, 1.82) is 0 Å². The van der Waals surface area contributed by atoms with Gasteiger partial charge in [-0.05, 0) is 6.92 Å². The summed E-state index contributed by atoms with van der Waals surface area (Å²) in [6.45, 7) is 2.29. The van der Waals surface area contributed by atoms with E-state index in [0.29, 0.717) is 12.1 Å². The fraction of sp³-hybridized carbons (Fsp3) is 0.500. The Morgan fingerprint density at radius 3 is 3.00 bits per heavy atom. The summed E-state index contributed by atoms with van der Waals surface area (Å²) in [6.07, 6.45) is 3.19. The maximum absolute atomic E-state index is 11.4. The average Bonchev–Trinajstić information content (AvgIpc) is 2.51. The maximum atomic E-state index is 11.4. The number of aromatic nitrogens is 2. The number of hydrogen-bond acceptors (Lipinski definition) is 3. The summed E-state index contributed by atoms with van der Waals surface area (Å²) in [4.78, 5) is 11.4. The van der Waals surface area contributed by atoms with E-state index in [-0.39, 0.29) is 11.9 Å². The molecule has 0 aromatic carbocycles. The number of carbonyl (C=O) groups excluding carboxylic acids is 1.